The summed E-state index contributed by atoms with van der Waals surface area (Å²) in [6.07, 6.45) is 0. The van der Waals surface area contributed by atoms with Crippen molar-refractivity contribution in [3.8, 4) is 11.5 Å². The first-order valence-electron chi connectivity index (χ1n) is 6.29. The number of ether oxygens (including phenoxy) is 2. The van der Waals surface area contributed by atoms with Crippen LogP contribution in [0.15, 0.2) is 36.4 Å². The van der Waals surface area contributed by atoms with Gasteiger partial charge >= 0.3 is 5.97 Å². The van der Waals surface area contributed by atoms with Crippen molar-refractivity contribution in [2.45, 2.75) is 6.54 Å². The largest absolute Gasteiger partial charge is 0.497 e. The molecule has 0 aliphatic rings. The fraction of sp³-hybridized carbons (Fsp3) is 0.200. The molecule has 0 bridgehead atoms. The van der Waals surface area contributed by atoms with E-state index in [1.807, 2.05) is 0 Å². The highest BCUT2D eigenvalue weighted by Crippen LogP contribution is 2.29. The third-order valence-electron chi connectivity index (χ3n) is 2.89. The Hall–Kier alpha value is -2.76. The summed E-state index contributed by atoms with van der Waals surface area (Å²) in [6, 6.07) is 10.3. The average Bonchev–Trinajstić information content (AvgIpc) is 2.52. The van der Waals surface area contributed by atoms with Gasteiger partial charge in [-0.3, -0.25) is 0 Å². The molecule has 2 N–H and O–H groups in total. The monoisotopic (exact) mass is 288 g/mol. The minimum Gasteiger partial charge on any atom is -0.497 e. The molecule has 0 amide bonds. The number of hydrogen-bond acceptors (Lipinski definition) is 5. The van der Waals surface area contributed by atoms with Crippen molar-refractivity contribution in [2.75, 3.05) is 19.5 Å². The van der Waals surface area contributed by atoms with Gasteiger partial charge in [-0.1, -0.05) is 6.07 Å². The molecule has 2 rings (SSSR count). The summed E-state index contributed by atoms with van der Waals surface area (Å²) in [5.74, 6) is 0.326. The van der Waals surface area contributed by atoms with Crippen molar-refractivity contribution in [2.24, 2.45) is 0 Å². The van der Waals surface area contributed by atoms with Gasteiger partial charge in [-0.05, 0) is 24.3 Å². The summed E-state index contributed by atoms with van der Waals surface area (Å²) in [5, 5.41) is 12.1. The van der Waals surface area contributed by atoms with Crippen molar-refractivity contribution in [3.05, 3.63) is 47.8 Å². The van der Waals surface area contributed by atoms with Gasteiger partial charge in [0, 0.05) is 6.07 Å². The van der Waals surface area contributed by atoms with Crippen LogP contribution in [0.1, 0.15) is 16.2 Å². The quantitative estimate of drug-likeness (QED) is 0.849. The number of hydrogen-bond donors (Lipinski definition) is 2. The SMILES string of the molecule is COc1ccc(OC)c(NCc2cccc(C(=O)O)n2)c1. The number of anilines is 1. The van der Waals surface area contributed by atoms with Gasteiger partial charge in [0.15, 0.2) is 0 Å². The number of nitrogens with zero attached hydrogens (tertiary/aromatic N) is 1. The van der Waals surface area contributed by atoms with Gasteiger partial charge in [0.25, 0.3) is 0 Å². The number of rotatable bonds is 6. The number of aromatic nitrogens is 1. The van der Waals surface area contributed by atoms with Crippen LogP contribution in [-0.4, -0.2) is 30.3 Å². The van der Waals surface area contributed by atoms with Crippen LogP contribution in [-0.2, 0) is 6.54 Å². The minimum atomic E-state index is -1.05. The van der Waals surface area contributed by atoms with E-state index in [4.69, 9.17) is 14.6 Å². The van der Waals surface area contributed by atoms with Crippen molar-refractivity contribution in [1.82, 2.24) is 4.98 Å². The Morgan fingerprint density at radius 2 is 2.05 bits per heavy atom. The molecule has 0 atom stereocenters. The van der Waals surface area contributed by atoms with E-state index >= 15 is 0 Å². The lowest BCUT2D eigenvalue weighted by Crippen LogP contribution is -2.07. The van der Waals surface area contributed by atoms with Crippen LogP contribution in [0.25, 0.3) is 0 Å². The minimum absolute atomic E-state index is 0.0203. The van der Waals surface area contributed by atoms with Crippen LogP contribution in [0.4, 0.5) is 5.69 Å². The van der Waals surface area contributed by atoms with E-state index in [1.54, 1.807) is 44.6 Å². The summed E-state index contributed by atoms with van der Waals surface area (Å²) in [5.41, 5.74) is 1.39. The lowest BCUT2D eigenvalue weighted by molar-refractivity contribution is 0.0690. The lowest BCUT2D eigenvalue weighted by atomic mass is 10.2. The number of nitrogens with one attached hydrogen (secondary N) is 1. The summed E-state index contributed by atoms with van der Waals surface area (Å²) < 4.78 is 10.4. The van der Waals surface area contributed by atoms with Gasteiger partial charge in [-0.25, -0.2) is 9.78 Å². The van der Waals surface area contributed by atoms with Crippen molar-refractivity contribution in [3.63, 3.8) is 0 Å². The van der Waals surface area contributed by atoms with E-state index in [0.717, 1.165) is 5.69 Å². The number of aromatic carboxylic acids is 1. The Morgan fingerprint density at radius 3 is 2.71 bits per heavy atom. The highest BCUT2D eigenvalue weighted by atomic mass is 16.5. The Bertz CT molecular complexity index is 643. The predicted octanol–water partition coefficient (Wildman–Crippen LogP) is 2.41. The zero-order valence-electron chi connectivity index (χ0n) is 11.8. The molecule has 0 aliphatic carbocycles. The highest BCUT2D eigenvalue weighted by Gasteiger charge is 2.07. The number of pyridine rings is 1. The number of methoxy groups -OCH3 is 2. The number of carboxylic acids is 1. The van der Waals surface area contributed by atoms with Gasteiger partial charge in [-0.2, -0.15) is 0 Å². The number of benzene rings is 1. The zero-order chi connectivity index (χ0) is 15.2. The zero-order valence-corrected chi connectivity index (χ0v) is 11.8. The maximum Gasteiger partial charge on any atom is 0.354 e. The van der Waals surface area contributed by atoms with Gasteiger partial charge in [0.05, 0.1) is 32.1 Å². The predicted molar refractivity (Wildman–Crippen MR) is 78.1 cm³/mol. The molecule has 1 aromatic carbocycles. The van der Waals surface area contributed by atoms with Crippen LogP contribution in [0.3, 0.4) is 0 Å². The second kappa shape index (κ2) is 6.60. The van der Waals surface area contributed by atoms with Crippen LogP contribution in [0.2, 0.25) is 0 Å². The molecule has 6 heteroatoms. The van der Waals surface area contributed by atoms with E-state index in [2.05, 4.69) is 10.3 Å². The van der Waals surface area contributed by atoms with Crippen molar-refractivity contribution in [1.29, 1.82) is 0 Å². The van der Waals surface area contributed by atoms with Gasteiger partial charge in [0.1, 0.15) is 17.2 Å². The topological polar surface area (TPSA) is 80.7 Å². The summed E-state index contributed by atoms with van der Waals surface area (Å²) in [7, 11) is 3.17. The molecule has 0 radical (unpaired) electrons. The van der Waals surface area contributed by atoms with Crippen molar-refractivity contribution < 1.29 is 19.4 Å². The Labute approximate surface area is 122 Å². The van der Waals surface area contributed by atoms with Gasteiger partial charge in [-0.15, -0.1) is 0 Å². The third-order valence-corrected chi connectivity index (χ3v) is 2.89. The lowest BCUT2D eigenvalue weighted by Gasteiger charge is -2.12. The molecule has 1 aromatic heterocycles. The molecule has 0 spiro atoms. The summed E-state index contributed by atoms with van der Waals surface area (Å²) in [4.78, 5) is 14.9. The third kappa shape index (κ3) is 3.62. The molecule has 0 saturated carbocycles. The maximum atomic E-state index is 10.9. The van der Waals surface area contributed by atoms with E-state index in [0.29, 0.717) is 23.7 Å². The molecule has 0 aliphatic heterocycles. The van der Waals surface area contributed by atoms with Crippen LogP contribution < -0.4 is 14.8 Å². The molecule has 2 aromatic rings. The van der Waals surface area contributed by atoms with E-state index in [-0.39, 0.29) is 5.69 Å². The molecular formula is C15H16N2O4. The second-order valence-corrected chi connectivity index (χ2v) is 4.24. The number of carbonyl (C=O) groups is 1. The van der Waals surface area contributed by atoms with E-state index < -0.39 is 5.97 Å². The molecule has 0 fully saturated rings. The first-order valence-corrected chi connectivity index (χ1v) is 6.29. The highest BCUT2D eigenvalue weighted by molar-refractivity contribution is 5.85. The molecule has 1 heterocycles. The average molecular weight is 288 g/mol. The Kier molecular flexibility index (Phi) is 4.61. The van der Waals surface area contributed by atoms with Crippen molar-refractivity contribution >= 4 is 11.7 Å². The Morgan fingerprint density at radius 1 is 1.24 bits per heavy atom. The van der Waals surface area contributed by atoms with Crippen LogP contribution >= 0.6 is 0 Å². The van der Waals surface area contributed by atoms with E-state index in [1.165, 1.54) is 6.07 Å². The summed E-state index contributed by atoms with van der Waals surface area (Å²) in [6.45, 7) is 0.380. The first-order chi connectivity index (χ1) is 10.1. The van der Waals surface area contributed by atoms with Crippen LogP contribution in [0.5, 0.6) is 11.5 Å². The first kappa shape index (κ1) is 14.6. The Balaban J connectivity index is 2.15. The molecule has 0 unspecified atom stereocenters. The summed E-state index contributed by atoms with van der Waals surface area (Å²) >= 11 is 0. The molecule has 110 valence electrons. The fourth-order valence-electron chi connectivity index (χ4n) is 1.84. The van der Waals surface area contributed by atoms with E-state index in [9.17, 15) is 4.79 Å². The molecule has 0 saturated heterocycles. The standard InChI is InChI=1S/C15H16N2O4/c1-20-11-6-7-14(21-2)13(8-11)16-9-10-4-3-5-12(17-10)15(18)19/h3-8,16H,9H2,1-2H3,(H,18,19). The smallest absolute Gasteiger partial charge is 0.354 e. The maximum absolute atomic E-state index is 10.9. The normalized spacial score (nSPS) is 10.0. The second-order valence-electron chi connectivity index (χ2n) is 4.24. The van der Waals surface area contributed by atoms with Crippen LogP contribution in [0, 0.1) is 0 Å². The molecule has 21 heavy (non-hydrogen) atoms. The molecular weight excluding hydrogens is 272 g/mol. The molecule has 6 nitrogen and oxygen atoms in total. The van der Waals surface area contributed by atoms with Gasteiger partial charge in [0.2, 0.25) is 0 Å². The fourth-order valence-corrected chi connectivity index (χ4v) is 1.84. The van der Waals surface area contributed by atoms with Gasteiger partial charge < -0.3 is 19.9 Å². The number of carboxylic acid groups (broad SMARTS) is 1.